The molecule has 1 aromatic rings. The summed E-state index contributed by atoms with van der Waals surface area (Å²) >= 11 is 0. The summed E-state index contributed by atoms with van der Waals surface area (Å²) in [6.45, 7) is 6.80. The first-order chi connectivity index (χ1) is 8.84. The molecule has 2 nitrogen and oxygen atoms in total. The van der Waals surface area contributed by atoms with Crippen molar-refractivity contribution in [2.45, 2.75) is 33.2 Å². The third-order valence-corrected chi connectivity index (χ3v) is 3.49. The highest BCUT2D eigenvalue weighted by molar-refractivity contribution is 6.05. The number of aliphatic imine (C=N–C) groups is 1. The smallest absolute Gasteiger partial charge is 0.123 e. The van der Waals surface area contributed by atoms with Crippen molar-refractivity contribution in [2.75, 3.05) is 13.1 Å². The van der Waals surface area contributed by atoms with Gasteiger partial charge in [-0.3, -0.25) is 4.99 Å². The second-order valence-corrected chi connectivity index (χ2v) is 4.53. The van der Waals surface area contributed by atoms with Crippen molar-refractivity contribution >= 4 is 5.71 Å². The minimum absolute atomic E-state index is 0.152. The van der Waals surface area contributed by atoms with Crippen molar-refractivity contribution in [3.8, 4) is 0 Å². The number of hydrogen-bond acceptors (Lipinski definition) is 2. The lowest BCUT2D eigenvalue weighted by atomic mass is 9.88. The van der Waals surface area contributed by atoms with Crippen LogP contribution in [0.25, 0.3) is 0 Å². The Hall–Kier alpha value is -1.22. The molecule has 0 saturated carbocycles. The van der Waals surface area contributed by atoms with Crippen molar-refractivity contribution in [1.29, 1.82) is 0 Å². The number of nitrogens with one attached hydrogen (secondary N) is 1. The number of fused-ring (bicyclic) bond motifs is 1. The molecule has 3 rings (SSSR count). The molecule has 0 aromatic heterocycles. The Morgan fingerprint density at radius 2 is 1.94 bits per heavy atom. The summed E-state index contributed by atoms with van der Waals surface area (Å²) in [6, 6.07) is 5.05. The zero-order valence-corrected chi connectivity index (χ0v) is 11.2. The first kappa shape index (κ1) is 13.2. The molecular weight excluding hydrogens is 227 g/mol. The van der Waals surface area contributed by atoms with Gasteiger partial charge in [-0.25, -0.2) is 4.39 Å². The van der Waals surface area contributed by atoms with Crippen LogP contribution in [0.2, 0.25) is 0 Å². The van der Waals surface area contributed by atoms with Crippen LogP contribution in [0.3, 0.4) is 0 Å². The maximum atomic E-state index is 13.1. The third kappa shape index (κ3) is 2.61. The summed E-state index contributed by atoms with van der Waals surface area (Å²) in [5.74, 6) is 0.411. The normalized spacial score (nSPS) is 18.7. The maximum absolute atomic E-state index is 13.1. The van der Waals surface area contributed by atoms with Crippen molar-refractivity contribution in [3.05, 3.63) is 35.1 Å². The van der Waals surface area contributed by atoms with E-state index in [0.29, 0.717) is 12.5 Å². The number of rotatable bonds is 1. The summed E-state index contributed by atoms with van der Waals surface area (Å²) in [5.41, 5.74) is 3.43. The lowest BCUT2D eigenvalue weighted by Crippen LogP contribution is -2.31. The fraction of sp³-hybridized carbons (Fsp3) is 0.533. The molecule has 1 fully saturated rings. The van der Waals surface area contributed by atoms with Crippen molar-refractivity contribution in [3.63, 3.8) is 0 Å². The Kier molecular flexibility index (Phi) is 4.48. The average Bonchev–Trinajstić information content (AvgIpc) is 2.85. The van der Waals surface area contributed by atoms with Crippen molar-refractivity contribution in [1.82, 2.24) is 5.32 Å². The number of nitrogens with zero attached hydrogens (tertiary/aromatic N) is 1. The van der Waals surface area contributed by atoms with Crippen LogP contribution in [0, 0.1) is 11.7 Å². The molecule has 0 unspecified atom stereocenters. The van der Waals surface area contributed by atoms with E-state index in [2.05, 4.69) is 10.3 Å². The Bertz CT molecular complexity index is 434. The molecule has 1 N–H and O–H groups in total. The zero-order valence-electron chi connectivity index (χ0n) is 11.2. The summed E-state index contributed by atoms with van der Waals surface area (Å²) in [6.07, 6.45) is 2.30. The highest BCUT2D eigenvalue weighted by atomic mass is 19.1. The Labute approximate surface area is 108 Å². The fourth-order valence-corrected chi connectivity index (χ4v) is 2.64. The van der Waals surface area contributed by atoms with Gasteiger partial charge in [0.1, 0.15) is 5.82 Å². The molecule has 1 saturated heterocycles. The molecule has 18 heavy (non-hydrogen) atoms. The molecular formula is C15H21FN2. The summed E-state index contributed by atoms with van der Waals surface area (Å²) in [7, 11) is 0. The first-order valence-corrected chi connectivity index (χ1v) is 6.88. The SMILES string of the molecule is CC.Fc1ccc2c(c1)CN=C2C1CCNCC1. The number of benzene rings is 1. The minimum Gasteiger partial charge on any atom is -0.317 e. The van der Waals surface area contributed by atoms with Gasteiger partial charge in [0.15, 0.2) is 0 Å². The molecule has 1 aromatic carbocycles. The highest BCUT2D eigenvalue weighted by Gasteiger charge is 2.25. The average molecular weight is 248 g/mol. The molecule has 0 aliphatic carbocycles. The van der Waals surface area contributed by atoms with Gasteiger partial charge in [0.2, 0.25) is 0 Å². The van der Waals surface area contributed by atoms with Gasteiger partial charge in [0, 0.05) is 17.2 Å². The van der Waals surface area contributed by atoms with E-state index in [0.717, 1.165) is 31.5 Å². The predicted molar refractivity (Wildman–Crippen MR) is 73.6 cm³/mol. The van der Waals surface area contributed by atoms with Crippen LogP contribution < -0.4 is 5.32 Å². The number of hydrogen-bond donors (Lipinski definition) is 1. The Morgan fingerprint density at radius 1 is 1.22 bits per heavy atom. The van der Waals surface area contributed by atoms with Gasteiger partial charge in [0.05, 0.1) is 6.54 Å². The first-order valence-electron chi connectivity index (χ1n) is 6.88. The molecule has 3 heteroatoms. The van der Waals surface area contributed by atoms with E-state index < -0.39 is 0 Å². The van der Waals surface area contributed by atoms with E-state index in [1.165, 1.54) is 11.3 Å². The van der Waals surface area contributed by atoms with E-state index in [1.54, 1.807) is 12.1 Å². The van der Waals surface area contributed by atoms with Gasteiger partial charge in [-0.1, -0.05) is 13.8 Å². The van der Waals surface area contributed by atoms with E-state index in [1.807, 2.05) is 19.9 Å². The maximum Gasteiger partial charge on any atom is 0.123 e. The molecule has 0 amide bonds. The summed E-state index contributed by atoms with van der Waals surface area (Å²) < 4.78 is 13.1. The lowest BCUT2D eigenvalue weighted by molar-refractivity contribution is 0.457. The van der Waals surface area contributed by atoms with Crippen molar-refractivity contribution in [2.24, 2.45) is 10.9 Å². The van der Waals surface area contributed by atoms with Crippen LogP contribution in [-0.2, 0) is 6.54 Å². The second-order valence-electron chi connectivity index (χ2n) is 4.53. The van der Waals surface area contributed by atoms with Gasteiger partial charge in [0.25, 0.3) is 0 Å². The topological polar surface area (TPSA) is 24.4 Å². The Balaban J connectivity index is 0.000000574. The summed E-state index contributed by atoms with van der Waals surface area (Å²) in [5, 5.41) is 3.36. The van der Waals surface area contributed by atoms with Gasteiger partial charge >= 0.3 is 0 Å². The van der Waals surface area contributed by atoms with Crippen LogP contribution in [0.1, 0.15) is 37.8 Å². The van der Waals surface area contributed by atoms with Crippen LogP contribution in [0.15, 0.2) is 23.2 Å². The Morgan fingerprint density at radius 3 is 2.67 bits per heavy atom. The van der Waals surface area contributed by atoms with Crippen LogP contribution >= 0.6 is 0 Å². The third-order valence-electron chi connectivity index (χ3n) is 3.49. The van der Waals surface area contributed by atoms with Gasteiger partial charge in [-0.15, -0.1) is 0 Å². The molecule has 2 aliphatic heterocycles. The minimum atomic E-state index is -0.152. The molecule has 2 heterocycles. The van der Waals surface area contributed by atoms with Crippen LogP contribution in [0.4, 0.5) is 4.39 Å². The molecule has 98 valence electrons. The molecule has 0 radical (unpaired) electrons. The number of piperidine rings is 1. The van der Waals surface area contributed by atoms with Gasteiger partial charge in [-0.2, -0.15) is 0 Å². The molecule has 0 bridgehead atoms. The van der Waals surface area contributed by atoms with E-state index >= 15 is 0 Å². The molecule has 0 atom stereocenters. The summed E-state index contributed by atoms with van der Waals surface area (Å²) in [4.78, 5) is 4.59. The molecule has 2 aliphatic rings. The van der Waals surface area contributed by atoms with Crippen molar-refractivity contribution < 1.29 is 4.39 Å². The van der Waals surface area contributed by atoms with Crippen LogP contribution in [0.5, 0.6) is 0 Å². The van der Waals surface area contributed by atoms with E-state index in [-0.39, 0.29) is 5.82 Å². The quantitative estimate of drug-likeness (QED) is 0.811. The van der Waals surface area contributed by atoms with Gasteiger partial charge in [-0.05, 0) is 49.7 Å². The van der Waals surface area contributed by atoms with E-state index in [4.69, 9.17) is 0 Å². The van der Waals surface area contributed by atoms with Gasteiger partial charge < -0.3 is 5.32 Å². The monoisotopic (exact) mass is 248 g/mol. The van der Waals surface area contributed by atoms with Crippen LogP contribution in [-0.4, -0.2) is 18.8 Å². The lowest BCUT2D eigenvalue weighted by Gasteiger charge is -2.23. The largest absolute Gasteiger partial charge is 0.317 e. The highest BCUT2D eigenvalue weighted by Crippen LogP contribution is 2.27. The zero-order chi connectivity index (χ0) is 13.0. The predicted octanol–water partition coefficient (Wildman–Crippen LogP) is 3.15. The standard InChI is InChI=1S/C13H15FN2.C2H6/c14-11-1-2-12-10(7-11)8-16-13(12)9-3-5-15-6-4-9;1-2/h1-2,7,9,15H,3-6,8H2;1-2H3. The fourth-order valence-electron chi connectivity index (χ4n) is 2.64. The number of halogens is 1. The molecule has 0 spiro atoms. The second kappa shape index (κ2) is 6.10. The van der Waals surface area contributed by atoms with E-state index in [9.17, 15) is 4.39 Å².